The number of esters is 4. The van der Waals surface area contributed by atoms with Gasteiger partial charge in [0.05, 0.1) is 14.2 Å². The third kappa shape index (κ3) is 6.50. The Hall–Kier alpha value is -3.54. The molecule has 0 unspecified atom stereocenters. The highest BCUT2D eigenvalue weighted by Crippen LogP contribution is 2.44. The molecule has 0 saturated carbocycles. The lowest BCUT2D eigenvalue weighted by atomic mass is 9.90. The van der Waals surface area contributed by atoms with Crippen LogP contribution in [0.2, 0.25) is 0 Å². The zero-order valence-electron chi connectivity index (χ0n) is 19.7. The van der Waals surface area contributed by atoms with Crippen molar-refractivity contribution in [1.29, 1.82) is 0 Å². The van der Waals surface area contributed by atoms with E-state index in [-0.39, 0.29) is 23.9 Å². The van der Waals surface area contributed by atoms with Gasteiger partial charge in [-0.15, -0.1) is 0 Å². The van der Waals surface area contributed by atoms with Gasteiger partial charge >= 0.3 is 23.9 Å². The number of benzene rings is 1. The molecule has 1 saturated heterocycles. The van der Waals surface area contributed by atoms with Crippen LogP contribution in [0.3, 0.4) is 0 Å². The predicted molar refractivity (Wildman–Crippen MR) is 112 cm³/mol. The van der Waals surface area contributed by atoms with Crippen molar-refractivity contribution in [2.24, 2.45) is 0 Å². The van der Waals surface area contributed by atoms with E-state index in [0.717, 1.165) is 20.8 Å². The van der Waals surface area contributed by atoms with Gasteiger partial charge in [0, 0.05) is 27.7 Å². The Kier molecular flexibility index (Phi) is 9.07. The molecule has 0 aliphatic carbocycles. The minimum Gasteiger partial charge on any atom is -0.502 e. The third-order valence-corrected chi connectivity index (χ3v) is 4.82. The van der Waals surface area contributed by atoms with E-state index in [0.29, 0.717) is 5.56 Å². The summed E-state index contributed by atoms with van der Waals surface area (Å²) in [7, 11) is 2.65. The number of hydrogen-bond acceptors (Lipinski definition) is 12. The smallest absolute Gasteiger partial charge is 0.303 e. The van der Waals surface area contributed by atoms with Crippen LogP contribution in [0.1, 0.15) is 39.4 Å². The summed E-state index contributed by atoms with van der Waals surface area (Å²) in [5.74, 6) is -3.04. The molecule has 188 valence electrons. The first kappa shape index (κ1) is 26.7. The topological polar surface area (TPSA) is 153 Å². The van der Waals surface area contributed by atoms with Crippen LogP contribution in [0.4, 0.5) is 0 Å². The van der Waals surface area contributed by atoms with Gasteiger partial charge in [0.2, 0.25) is 5.75 Å². The molecule has 34 heavy (non-hydrogen) atoms. The fourth-order valence-corrected chi connectivity index (χ4v) is 3.57. The highest BCUT2D eigenvalue weighted by molar-refractivity contribution is 5.69. The molecule has 1 N–H and O–H groups in total. The predicted octanol–water partition coefficient (Wildman–Crippen LogP) is 1.21. The van der Waals surface area contributed by atoms with Gasteiger partial charge in [-0.1, -0.05) is 0 Å². The highest BCUT2D eigenvalue weighted by atomic mass is 16.7. The number of rotatable bonds is 8. The number of phenols is 1. The maximum Gasteiger partial charge on any atom is 0.303 e. The fourth-order valence-electron chi connectivity index (χ4n) is 3.57. The average molecular weight is 484 g/mol. The quantitative estimate of drug-likeness (QED) is 0.417. The van der Waals surface area contributed by atoms with Crippen LogP contribution in [0.25, 0.3) is 0 Å². The number of carbonyl (C=O) groups excluding carboxylic acids is 4. The lowest BCUT2D eigenvalue weighted by Crippen LogP contribution is -2.59. The van der Waals surface area contributed by atoms with E-state index in [1.807, 2.05) is 0 Å². The van der Waals surface area contributed by atoms with Crippen molar-refractivity contribution < 1.29 is 57.4 Å². The van der Waals surface area contributed by atoms with Gasteiger partial charge in [0.25, 0.3) is 0 Å². The summed E-state index contributed by atoms with van der Waals surface area (Å²) in [6, 6.07) is 2.83. The Morgan fingerprint density at radius 3 is 1.71 bits per heavy atom. The molecule has 1 aromatic rings. The molecule has 1 aromatic carbocycles. The summed E-state index contributed by atoms with van der Waals surface area (Å²) >= 11 is 0. The van der Waals surface area contributed by atoms with Crippen molar-refractivity contribution in [2.75, 3.05) is 20.8 Å². The van der Waals surface area contributed by atoms with Crippen LogP contribution >= 0.6 is 0 Å². The molecular weight excluding hydrogens is 456 g/mol. The molecule has 0 bridgehead atoms. The fraction of sp³-hybridized carbons (Fsp3) is 0.545. The van der Waals surface area contributed by atoms with Gasteiger partial charge < -0.3 is 38.3 Å². The van der Waals surface area contributed by atoms with E-state index in [1.54, 1.807) is 0 Å². The minimum absolute atomic E-state index is 0.0298. The van der Waals surface area contributed by atoms with E-state index in [9.17, 15) is 24.3 Å². The first-order chi connectivity index (χ1) is 16.0. The van der Waals surface area contributed by atoms with Gasteiger partial charge in [0.15, 0.2) is 29.8 Å². The first-order valence-electron chi connectivity index (χ1n) is 10.2. The Labute approximate surface area is 195 Å². The van der Waals surface area contributed by atoms with Crippen LogP contribution < -0.4 is 9.47 Å². The number of ether oxygens (including phenoxy) is 7. The Morgan fingerprint density at radius 1 is 0.794 bits per heavy atom. The second kappa shape index (κ2) is 11.5. The van der Waals surface area contributed by atoms with Crippen LogP contribution in [-0.4, -0.2) is 74.2 Å². The molecular formula is C22H28O12. The monoisotopic (exact) mass is 484 g/mol. The second-order valence-corrected chi connectivity index (χ2v) is 7.39. The van der Waals surface area contributed by atoms with E-state index >= 15 is 0 Å². The number of phenolic OH excluding ortho intramolecular Hbond substituents is 1. The molecule has 0 amide bonds. The zero-order valence-corrected chi connectivity index (χ0v) is 19.7. The van der Waals surface area contributed by atoms with E-state index < -0.39 is 54.4 Å². The molecule has 1 heterocycles. The van der Waals surface area contributed by atoms with Crippen molar-refractivity contribution in [3.63, 3.8) is 0 Å². The van der Waals surface area contributed by atoms with Crippen molar-refractivity contribution in [1.82, 2.24) is 0 Å². The Morgan fingerprint density at radius 2 is 1.26 bits per heavy atom. The third-order valence-electron chi connectivity index (χ3n) is 4.82. The molecule has 5 atom stereocenters. The zero-order chi connectivity index (χ0) is 25.6. The van der Waals surface area contributed by atoms with Crippen LogP contribution in [0, 0.1) is 0 Å². The minimum atomic E-state index is -1.32. The van der Waals surface area contributed by atoms with Gasteiger partial charge in [-0.2, -0.15) is 0 Å². The first-order valence-corrected chi connectivity index (χ1v) is 10.2. The molecule has 12 nitrogen and oxygen atoms in total. The second-order valence-electron chi connectivity index (χ2n) is 7.39. The standard InChI is InChI=1S/C22H28O12/c1-10(23)30-9-17-20(31-11(2)24)22(33-13(4)26)21(32-12(3)25)19(34-17)14-7-15(28-5)18(27)16(8-14)29-6/h7-8,17,19-22,27H,9H2,1-6H3/t17-,19+,20-,21+,22+/m1/s1. The van der Waals surface area contributed by atoms with Gasteiger partial charge in [0.1, 0.15) is 18.8 Å². The van der Waals surface area contributed by atoms with Gasteiger partial charge in [-0.3, -0.25) is 19.2 Å². The molecule has 1 aliphatic rings. The largest absolute Gasteiger partial charge is 0.502 e. The molecule has 0 aromatic heterocycles. The summed E-state index contributed by atoms with van der Waals surface area (Å²) in [4.78, 5) is 47.2. The van der Waals surface area contributed by atoms with Crippen LogP contribution in [0.15, 0.2) is 12.1 Å². The van der Waals surface area contributed by atoms with Crippen molar-refractivity contribution in [3.8, 4) is 17.2 Å². The van der Waals surface area contributed by atoms with Crippen LogP contribution in [0.5, 0.6) is 17.2 Å². The van der Waals surface area contributed by atoms with E-state index in [1.165, 1.54) is 33.3 Å². The summed E-state index contributed by atoms with van der Waals surface area (Å²) in [5.41, 5.74) is 0.309. The van der Waals surface area contributed by atoms with Gasteiger partial charge in [-0.25, -0.2) is 0 Å². The summed E-state index contributed by atoms with van der Waals surface area (Å²) in [6.45, 7) is 4.23. The number of methoxy groups -OCH3 is 2. The summed E-state index contributed by atoms with van der Waals surface area (Å²) < 4.78 is 37.7. The van der Waals surface area contributed by atoms with E-state index in [4.69, 9.17) is 33.2 Å². The number of carbonyl (C=O) groups is 4. The Bertz CT molecular complexity index is 901. The SMILES string of the molecule is COc1cc([C@@H]2O[C@H](COC(C)=O)[C@@H](OC(C)=O)[C@H](OC(C)=O)[C@H]2OC(C)=O)cc(OC)c1O. The molecule has 0 spiro atoms. The normalized spacial score (nSPS) is 23.9. The highest BCUT2D eigenvalue weighted by Gasteiger charge is 2.52. The number of hydrogen-bond donors (Lipinski definition) is 1. The van der Waals surface area contributed by atoms with Crippen molar-refractivity contribution >= 4 is 23.9 Å². The maximum atomic E-state index is 12.0. The van der Waals surface area contributed by atoms with Gasteiger partial charge in [-0.05, 0) is 17.7 Å². The lowest BCUT2D eigenvalue weighted by Gasteiger charge is -2.44. The van der Waals surface area contributed by atoms with Crippen LogP contribution in [-0.2, 0) is 42.9 Å². The van der Waals surface area contributed by atoms with Crippen molar-refractivity contribution in [2.45, 2.75) is 58.2 Å². The average Bonchev–Trinajstić information content (AvgIpc) is 2.74. The summed E-state index contributed by atoms with van der Waals surface area (Å²) in [6.07, 6.45) is -6.14. The summed E-state index contributed by atoms with van der Waals surface area (Å²) in [5, 5.41) is 10.3. The molecule has 1 aliphatic heterocycles. The molecule has 2 rings (SSSR count). The molecule has 0 radical (unpaired) electrons. The van der Waals surface area contributed by atoms with E-state index in [2.05, 4.69) is 0 Å². The lowest BCUT2D eigenvalue weighted by molar-refractivity contribution is -0.254. The maximum absolute atomic E-state index is 12.0. The Balaban J connectivity index is 2.66. The molecule has 12 heteroatoms. The molecule has 1 fully saturated rings. The van der Waals surface area contributed by atoms with Crippen molar-refractivity contribution in [3.05, 3.63) is 17.7 Å². The number of aromatic hydroxyl groups is 1.